The summed E-state index contributed by atoms with van der Waals surface area (Å²) in [4.78, 5) is 97.1. The summed E-state index contributed by atoms with van der Waals surface area (Å²) in [5.74, 6) is -7.31. The second-order valence-corrected chi connectivity index (χ2v) is 9.74. The van der Waals surface area contributed by atoms with Gasteiger partial charge in [0, 0.05) is 18.6 Å². The molecule has 1 heterocycles. The number of hydrogen-bond donors (Lipinski definition) is 10. The zero-order valence-corrected chi connectivity index (χ0v) is 23.2. The van der Waals surface area contributed by atoms with Crippen LogP contribution in [0.4, 0.5) is 0 Å². The Kier molecular flexibility index (Phi) is 15.1. The molecule has 1 aliphatic rings. The molecule has 12 N–H and O–H groups in total. The molecule has 1 saturated heterocycles. The quantitative estimate of drug-likeness (QED) is 0.0499. The Morgan fingerprint density at radius 3 is 1.98 bits per heavy atom. The van der Waals surface area contributed by atoms with E-state index in [1.54, 1.807) is 0 Å². The Labute approximate surface area is 241 Å². The lowest BCUT2D eigenvalue weighted by atomic mass is 10.1. The maximum Gasteiger partial charge on any atom is 0.305 e. The van der Waals surface area contributed by atoms with Gasteiger partial charge in [0.15, 0.2) is 0 Å². The van der Waals surface area contributed by atoms with E-state index >= 15 is 0 Å². The van der Waals surface area contributed by atoms with Gasteiger partial charge in [-0.3, -0.25) is 38.4 Å². The van der Waals surface area contributed by atoms with Crippen LogP contribution in [-0.2, 0) is 38.4 Å². The van der Waals surface area contributed by atoms with Crippen molar-refractivity contribution in [1.29, 1.82) is 0 Å². The van der Waals surface area contributed by atoms with E-state index in [9.17, 15) is 43.5 Å². The summed E-state index contributed by atoms with van der Waals surface area (Å²) in [6.07, 6.45) is 0.0345. The van der Waals surface area contributed by atoms with E-state index in [1.807, 2.05) is 0 Å². The number of aliphatic carboxylic acids is 1. The van der Waals surface area contributed by atoms with E-state index in [-0.39, 0.29) is 43.8 Å². The van der Waals surface area contributed by atoms with Gasteiger partial charge >= 0.3 is 5.97 Å². The van der Waals surface area contributed by atoms with E-state index in [2.05, 4.69) is 39.2 Å². The first-order valence-electron chi connectivity index (χ1n) is 12.9. The van der Waals surface area contributed by atoms with Crippen molar-refractivity contribution < 1.29 is 43.5 Å². The number of thiol groups is 1. The Morgan fingerprint density at radius 1 is 0.878 bits per heavy atom. The van der Waals surface area contributed by atoms with Crippen molar-refractivity contribution in [2.75, 3.05) is 12.3 Å². The van der Waals surface area contributed by atoms with Crippen LogP contribution in [0.25, 0.3) is 0 Å². The van der Waals surface area contributed by atoms with Gasteiger partial charge in [0.05, 0.1) is 6.42 Å². The predicted octanol–water partition coefficient (Wildman–Crippen LogP) is -4.51. The molecule has 0 bridgehead atoms. The maximum absolute atomic E-state index is 13.0. The first-order valence-corrected chi connectivity index (χ1v) is 13.5. The third-order valence-electron chi connectivity index (χ3n) is 6.06. The normalized spacial score (nSPS) is 17.2. The smallest absolute Gasteiger partial charge is 0.305 e. The summed E-state index contributed by atoms with van der Waals surface area (Å²) in [5.41, 5.74) is 15.9. The van der Waals surface area contributed by atoms with Gasteiger partial charge in [0.1, 0.15) is 30.2 Å². The first-order chi connectivity index (χ1) is 19.3. The lowest BCUT2D eigenvalue weighted by Crippen LogP contribution is -2.59. The average Bonchev–Trinajstić information content (AvgIpc) is 3.34. The van der Waals surface area contributed by atoms with Gasteiger partial charge in [0.25, 0.3) is 0 Å². The van der Waals surface area contributed by atoms with Gasteiger partial charge in [-0.25, -0.2) is 0 Å². The number of rotatable bonds is 19. The number of carboxylic acid groups (broad SMARTS) is 1. The standard InChI is InChI=1S/C23H38N8O9S/c24-8-2-1-3-11(19(26)36)28-23(40)15(10-41)31-22(39)14(9-18(34)35)30-21(38)13(4-6-16(25)32)29-20(37)12-5-7-17(33)27-12/h11-15,41H,1-10,24H2,(H2,25,32)(H2,26,36)(H,27,33)(H,28,40)(H,29,37)(H,30,38)(H,31,39)(H,34,35)/t11-,12-,13-,14-,15-/m0/s1. The lowest BCUT2D eigenvalue weighted by molar-refractivity contribution is -0.141. The minimum absolute atomic E-state index is 0.102. The minimum Gasteiger partial charge on any atom is -0.481 e. The van der Waals surface area contributed by atoms with Gasteiger partial charge in [-0.1, -0.05) is 0 Å². The molecule has 0 aromatic heterocycles. The molecule has 1 rings (SSSR count). The van der Waals surface area contributed by atoms with Gasteiger partial charge in [0.2, 0.25) is 41.4 Å². The van der Waals surface area contributed by atoms with Crippen molar-refractivity contribution >= 4 is 59.9 Å². The van der Waals surface area contributed by atoms with Crippen molar-refractivity contribution in [3.8, 4) is 0 Å². The first kappa shape index (κ1) is 35.1. The van der Waals surface area contributed by atoms with Crippen molar-refractivity contribution in [2.24, 2.45) is 17.2 Å². The fraction of sp³-hybridized carbons (Fsp3) is 0.652. The van der Waals surface area contributed by atoms with Crippen LogP contribution < -0.4 is 43.8 Å². The monoisotopic (exact) mass is 602 g/mol. The zero-order valence-electron chi connectivity index (χ0n) is 22.4. The van der Waals surface area contributed by atoms with Crippen LogP contribution in [0.1, 0.15) is 51.4 Å². The Bertz CT molecular complexity index is 1010. The highest BCUT2D eigenvalue weighted by molar-refractivity contribution is 7.80. The molecule has 5 atom stereocenters. The molecule has 7 amide bonds. The number of amides is 7. The molecule has 0 unspecified atom stereocenters. The molecule has 0 aliphatic carbocycles. The van der Waals surface area contributed by atoms with Crippen LogP contribution in [0.15, 0.2) is 0 Å². The third-order valence-corrected chi connectivity index (χ3v) is 6.42. The van der Waals surface area contributed by atoms with Crippen molar-refractivity contribution in [1.82, 2.24) is 26.6 Å². The highest BCUT2D eigenvalue weighted by Crippen LogP contribution is 2.09. The molecular weight excluding hydrogens is 564 g/mol. The second kappa shape index (κ2) is 17.7. The van der Waals surface area contributed by atoms with E-state index in [0.29, 0.717) is 19.4 Å². The van der Waals surface area contributed by atoms with Gasteiger partial charge in [-0.05, 0) is 38.6 Å². The van der Waals surface area contributed by atoms with Gasteiger partial charge in [-0.15, -0.1) is 0 Å². The van der Waals surface area contributed by atoms with Crippen LogP contribution >= 0.6 is 12.6 Å². The molecule has 1 aliphatic heterocycles. The van der Waals surface area contributed by atoms with Crippen molar-refractivity contribution in [2.45, 2.75) is 81.6 Å². The molecule has 41 heavy (non-hydrogen) atoms. The topological polar surface area (TPSA) is 295 Å². The van der Waals surface area contributed by atoms with E-state index < -0.39 is 78.0 Å². The molecule has 17 nitrogen and oxygen atoms in total. The fourth-order valence-corrected chi connectivity index (χ4v) is 4.07. The van der Waals surface area contributed by atoms with Crippen LogP contribution in [0, 0.1) is 0 Å². The van der Waals surface area contributed by atoms with E-state index in [4.69, 9.17) is 17.2 Å². The molecule has 230 valence electrons. The summed E-state index contributed by atoms with van der Waals surface area (Å²) >= 11 is 4.03. The Morgan fingerprint density at radius 2 is 1.46 bits per heavy atom. The largest absolute Gasteiger partial charge is 0.481 e. The number of primary amides is 2. The summed E-state index contributed by atoms with van der Waals surface area (Å²) in [6, 6.07) is -6.44. The number of nitrogens with two attached hydrogens (primary N) is 3. The average molecular weight is 603 g/mol. The zero-order chi connectivity index (χ0) is 31.1. The van der Waals surface area contributed by atoms with Crippen LogP contribution in [0.5, 0.6) is 0 Å². The molecular formula is C23H38N8O9S. The highest BCUT2D eigenvalue weighted by Gasteiger charge is 2.34. The summed E-state index contributed by atoms with van der Waals surface area (Å²) < 4.78 is 0. The van der Waals surface area contributed by atoms with Gasteiger partial charge < -0.3 is 48.9 Å². The van der Waals surface area contributed by atoms with Crippen LogP contribution in [0.2, 0.25) is 0 Å². The van der Waals surface area contributed by atoms with Crippen LogP contribution in [0.3, 0.4) is 0 Å². The minimum atomic E-state index is -1.72. The van der Waals surface area contributed by atoms with Crippen molar-refractivity contribution in [3.63, 3.8) is 0 Å². The van der Waals surface area contributed by atoms with E-state index in [0.717, 1.165) is 0 Å². The SMILES string of the molecule is NCCCC[C@H](NC(=O)[C@H](CS)NC(=O)[C@H](CC(=O)O)NC(=O)[C@H](CCC(N)=O)NC(=O)[C@@H]1CCC(=O)N1)C(N)=O. The third kappa shape index (κ3) is 12.9. The summed E-state index contributed by atoms with van der Waals surface area (Å²) in [5, 5.41) is 21.0. The molecule has 18 heteroatoms. The fourth-order valence-electron chi connectivity index (χ4n) is 3.81. The van der Waals surface area contributed by atoms with E-state index in [1.165, 1.54) is 0 Å². The van der Waals surface area contributed by atoms with Crippen molar-refractivity contribution in [3.05, 3.63) is 0 Å². The summed E-state index contributed by atoms with van der Waals surface area (Å²) in [6.45, 7) is 0.371. The number of carbonyl (C=O) groups is 8. The molecule has 0 radical (unpaired) electrons. The van der Waals surface area contributed by atoms with Gasteiger partial charge in [-0.2, -0.15) is 12.6 Å². The summed E-state index contributed by atoms with van der Waals surface area (Å²) in [7, 11) is 0. The maximum atomic E-state index is 13.0. The Hall–Kier alpha value is -3.93. The highest BCUT2D eigenvalue weighted by atomic mass is 32.1. The Balaban J connectivity index is 2.98. The molecule has 0 aromatic rings. The number of nitrogens with one attached hydrogen (secondary N) is 5. The number of hydrogen-bond acceptors (Lipinski definition) is 10. The molecule has 0 aromatic carbocycles. The number of carbonyl (C=O) groups excluding carboxylic acids is 7. The lowest BCUT2D eigenvalue weighted by Gasteiger charge is -2.25. The molecule has 1 fully saturated rings. The number of carboxylic acids is 1. The predicted molar refractivity (Wildman–Crippen MR) is 146 cm³/mol. The second-order valence-electron chi connectivity index (χ2n) is 9.38. The number of unbranched alkanes of at least 4 members (excludes halogenated alkanes) is 1. The van der Waals surface area contributed by atoms with Crippen LogP contribution in [-0.4, -0.2) is 94.9 Å². The molecule has 0 spiro atoms. The molecule has 0 saturated carbocycles.